The molecular weight excluding hydrogens is 203 g/mol. The largest absolute Gasteiger partial charge is 0.379 e. The Bertz CT molecular complexity index is 246. The topological polar surface area (TPSA) is 44.8 Å². The number of methoxy groups -OCH3 is 1. The van der Waals surface area contributed by atoms with Crippen molar-refractivity contribution in [1.82, 2.24) is 0 Å². The highest BCUT2D eigenvalue weighted by atomic mass is 31.2. The smallest absolute Gasteiger partial charge is 0.367 e. The van der Waals surface area contributed by atoms with Gasteiger partial charge in [-0.25, -0.2) is 0 Å². The summed E-state index contributed by atoms with van der Waals surface area (Å²) in [6.07, 6.45) is 0. The van der Waals surface area contributed by atoms with Crippen LogP contribution in [0.5, 0.6) is 0 Å². The van der Waals surface area contributed by atoms with Crippen LogP contribution in [0.4, 0.5) is 0 Å². The summed E-state index contributed by atoms with van der Waals surface area (Å²) in [5.74, 6) is 0. The van der Waals surface area contributed by atoms with Crippen molar-refractivity contribution >= 4 is 7.60 Å². The van der Waals surface area contributed by atoms with Crippen LogP contribution in [0.25, 0.3) is 0 Å². The van der Waals surface area contributed by atoms with Gasteiger partial charge >= 0.3 is 7.60 Å². The molecule has 0 aromatic rings. The lowest BCUT2D eigenvalue weighted by Crippen LogP contribution is -2.02. The third-order valence-electron chi connectivity index (χ3n) is 1.41. The Morgan fingerprint density at radius 1 is 1.36 bits per heavy atom. The first-order valence-corrected chi connectivity index (χ1v) is 5.96. The second kappa shape index (κ2) is 6.99. The van der Waals surface area contributed by atoms with Crippen molar-refractivity contribution in [3.8, 4) is 0 Å². The Morgan fingerprint density at radius 3 is 2.14 bits per heavy atom. The van der Waals surface area contributed by atoms with Gasteiger partial charge in [-0.3, -0.25) is 4.57 Å². The molecule has 4 nitrogen and oxygen atoms in total. The van der Waals surface area contributed by atoms with E-state index in [4.69, 9.17) is 13.8 Å². The van der Waals surface area contributed by atoms with Gasteiger partial charge in [-0.1, -0.05) is 6.58 Å². The fourth-order valence-corrected chi connectivity index (χ4v) is 2.44. The molecule has 0 atom stereocenters. The summed E-state index contributed by atoms with van der Waals surface area (Å²) in [4.78, 5) is 0. The SMILES string of the molecule is C=C=C(COC)P(=O)(OCC)OCC. The van der Waals surface area contributed by atoms with E-state index in [2.05, 4.69) is 12.3 Å². The van der Waals surface area contributed by atoms with Crippen molar-refractivity contribution in [2.75, 3.05) is 26.9 Å². The lowest BCUT2D eigenvalue weighted by molar-refractivity contribution is 0.203. The van der Waals surface area contributed by atoms with Gasteiger partial charge in [0.15, 0.2) is 0 Å². The van der Waals surface area contributed by atoms with E-state index in [1.54, 1.807) is 13.8 Å². The maximum absolute atomic E-state index is 12.1. The Hall–Kier alpha value is -0.370. The van der Waals surface area contributed by atoms with Crippen LogP contribution in [-0.4, -0.2) is 26.9 Å². The highest BCUT2D eigenvalue weighted by molar-refractivity contribution is 7.58. The summed E-state index contributed by atoms with van der Waals surface area (Å²) >= 11 is 0. The van der Waals surface area contributed by atoms with E-state index >= 15 is 0 Å². The maximum atomic E-state index is 12.1. The molecule has 0 aliphatic carbocycles. The summed E-state index contributed by atoms with van der Waals surface area (Å²) in [7, 11) is -1.73. The van der Waals surface area contributed by atoms with Crippen LogP contribution in [0.3, 0.4) is 0 Å². The van der Waals surface area contributed by atoms with E-state index in [0.29, 0.717) is 18.5 Å². The second-order valence-electron chi connectivity index (χ2n) is 2.39. The molecule has 82 valence electrons. The molecule has 0 unspecified atom stereocenters. The molecule has 0 aromatic carbocycles. The van der Waals surface area contributed by atoms with Crippen LogP contribution in [0, 0.1) is 0 Å². The zero-order valence-corrected chi connectivity index (χ0v) is 9.80. The van der Waals surface area contributed by atoms with Gasteiger partial charge in [0.1, 0.15) is 5.31 Å². The Balaban J connectivity index is 4.77. The van der Waals surface area contributed by atoms with Crippen LogP contribution in [0.15, 0.2) is 17.6 Å². The monoisotopic (exact) mass is 220 g/mol. The predicted molar refractivity (Wildman–Crippen MR) is 55.4 cm³/mol. The van der Waals surface area contributed by atoms with Gasteiger partial charge in [-0.15, -0.1) is 5.73 Å². The minimum absolute atomic E-state index is 0.154. The molecule has 0 aliphatic heterocycles. The number of hydrogen-bond acceptors (Lipinski definition) is 4. The van der Waals surface area contributed by atoms with Gasteiger partial charge in [0.05, 0.1) is 19.8 Å². The van der Waals surface area contributed by atoms with E-state index in [1.165, 1.54) is 7.11 Å². The fraction of sp³-hybridized carbons (Fsp3) is 0.667. The van der Waals surface area contributed by atoms with Crippen LogP contribution in [0.2, 0.25) is 0 Å². The van der Waals surface area contributed by atoms with Gasteiger partial charge in [-0.2, -0.15) is 0 Å². The van der Waals surface area contributed by atoms with Crippen molar-refractivity contribution in [3.05, 3.63) is 17.6 Å². The van der Waals surface area contributed by atoms with E-state index in [0.717, 1.165) is 0 Å². The quantitative estimate of drug-likeness (QED) is 0.488. The zero-order valence-electron chi connectivity index (χ0n) is 8.91. The van der Waals surface area contributed by atoms with Gasteiger partial charge in [0, 0.05) is 7.11 Å². The zero-order chi connectivity index (χ0) is 11.0. The summed E-state index contributed by atoms with van der Waals surface area (Å²) < 4.78 is 27.1. The van der Waals surface area contributed by atoms with Crippen molar-refractivity contribution in [2.45, 2.75) is 13.8 Å². The first-order chi connectivity index (χ1) is 6.64. The fourth-order valence-electron chi connectivity index (χ4n) is 0.897. The Kier molecular flexibility index (Phi) is 6.81. The minimum Gasteiger partial charge on any atom is -0.379 e. The normalized spacial score (nSPS) is 11.1. The van der Waals surface area contributed by atoms with Crippen LogP contribution >= 0.6 is 7.60 Å². The van der Waals surface area contributed by atoms with Crippen molar-refractivity contribution in [3.63, 3.8) is 0 Å². The standard InChI is InChI=1S/C9H17O4P/c1-5-9(8-11-4)14(10,12-6-2)13-7-3/h1,6-8H2,2-4H3. The lowest BCUT2D eigenvalue weighted by atomic mass is 10.6. The summed E-state index contributed by atoms with van der Waals surface area (Å²) in [5.41, 5.74) is 2.54. The number of ether oxygens (including phenoxy) is 1. The van der Waals surface area contributed by atoms with Gasteiger partial charge in [0.25, 0.3) is 0 Å². The molecule has 0 amide bonds. The van der Waals surface area contributed by atoms with E-state index in [9.17, 15) is 4.57 Å². The molecular formula is C9H17O4P. The molecule has 5 heteroatoms. The minimum atomic E-state index is -3.23. The van der Waals surface area contributed by atoms with Crippen molar-refractivity contribution in [1.29, 1.82) is 0 Å². The van der Waals surface area contributed by atoms with Crippen molar-refractivity contribution in [2.24, 2.45) is 0 Å². The highest BCUT2D eigenvalue weighted by Gasteiger charge is 2.29. The van der Waals surface area contributed by atoms with Crippen LogP contribution < -0.4 is 0 Å². The first kappa shape index (κ1) is 13.6. The highest BCUT2D eigenvalue weighted by Crippen LogP contribution is 2.55. The second-order valence-corrected chi connectivity index (χ2v) is 4.44. The molecule has 0 radical (unpaired) electrons. The molecule has 0 bridgehead atoms. The third-order valence-corrected chi connectivity index (χ3v) is 3.56. The average molecular weight is 220 g/mol. The molecule has 0 aliphatic rings. The molecule has 0 saturated carbocycles. The van der Waals surface area contributed by atoms with E-state index in [1.807, 2.05) is 0 Å². The molecule has 0 aromatic heterocycles. The molecule has 0 fully saturated rings. The van der Waals surface area contributed by atoms with Crippen molar-refractivity contribution < 1.29 is 18.3 Å². The maximum Gasteiger partial charge on any atom is 0.367 e. The van der Waals surface area contributed by atoms with Crippen LogP contribution in [0.1, 0.15) is 13.8 Å². The third kappa shape index (κ3) is 3.79. The number of rotatable bonds is 7. The molecule has 0 saturated heterocycles. The predicted octanol–water partition coefficient (Wildman–Crippen LogP) is 2.57. The van der Waals surface area contributed by atoms with Gasteiger partial charge < -0.3 is 13.8 Å². The molecule has 14 heavy (non-hydrogen) atoms. The Labute approximate surface area is 85.1 Å². The summed E-state index contributed by atoms with van der Waals surface area (Å²) in [6.45, 7) is 7.71. The molecule has 0 rings (SSSR count). The van der Waals surface area contributed by atoms with Gasteiger partial charge in [-0.05, 0) is 13.8 Å². The van der Waals surface area contributed by atoms with Crippen LogP contribution in [-0.2, 0) is 18.3 Å². The van der Waals surface area contributed by atoms with E-state index in [-0.39, 0.29) is 6.61 Å². The summed E-state index contributed by atoms with van der Waals surface area (Å²) in [5, 5.41) is 0.337. The van der Waals surface area contributed by atoms with Gasteiger partial charge in [0.2, 0.25) is 0 Å². The lowest BCUT2D eigenvalue weighted by Gasteiger charge is -2.17. The molecule has 0 heterocycles. The number of hydrogen-bond donors (Lipinski definition) is 0. The van der Waals surface area contributed by atoms with E-state index < -0.39 is 7.60 Å². The summed E-state index contributed by atoms with van der Waals surface area (Å²) in [6, 6.07) is 0. The first-order valence-electron chi connectivity index (χ1n) is 4.42. The average Bonchev–Trinajstić information content (AvgIpc) is 2.14. The Morgan fingerprint density at radius 2 is 1.86 bits per heavy atom. The molecule has 0 N–H and O–H groups in total. The molecule has 0 spiro atoms.